The van der Waals surface area contributed by atoms with E-state index in [0.717, 1.165) is 0 Å². The molecule has 8 nitrogen and oxygen atoms in total. The summed E-state index contributed by atoms with van der Waals surface area (Å²) in [4.78, 5) is 35.7. The molecule has 0 bridgehead atoms. The fourth-order valence-corrected chi connectivity index (χ4v) is 2.16. The molecule has 2 atom stereocenters. The van der Waals surface area contributed by atoms with E-state index in [1.54, 1.807) is 38.1 Å². The molecule has 138 valence electrons. The van der Waals surface area contributed by atoms with E-state index in [1.807, 2.05) is 0 Å². The van der Waals surface area contributed by atoms with Gasteiger partial charge < -0.3 is 25.2 Å². The number of nitrogens with one attached hydrogen (secondary N) is 2. The summed E-state index contributed by atoms with van der Waals surface area (Å²) in [6, 6.07) is 5.84. The monoisotopic (exact) mass is 352 g/mol. The minimum Gasteiger partial charge on any atom is -0.496 e. The second-order valence-electron chi connectivity index (χ2n) is 5.70. The van der Waals surface area contributed by atoms with Gasteiger partial charge in [0.2, 0.25) is 5.91 Å². The quantitative estimate of drug-likeness (QED) is 0.602. The van der Waals surface area contributed by atoms with Crippen LogP contribution in [0.4, 0.5) is 0 Å². The van der Waals surface area contributed by atoms with E-state index in [4.69, 9.17) is 14.6 Å². The Morgan fingerprint density at radius 3 is 2.32 bits per heavy atom. The molecule has 0 saturated heterocycles. The number of carboxylic acid groups (broad SMARTS) is 1. The molecule has 2 amide bonds. The lowest BCUT2D eigenvalue weighted by atomic mass is 10.0. The van der Waals surface area contributed by atoms with Gasteiger partial charge in [0.05, 0.1) is 19.2 Å². The predicted molar refractivity (Wildman–Crippen MR) is 90.5 cm³/mol. The number of para-hydroxylation sites is 1. The van der Waals surface area contributed by atoms with E-state index < -0.39 is 29.9 Å². The summed E-state index contributed by atoms with van der Waals surface area (Å²) in [5.41, 5.74) is 0.309. The van der Waals surface area contributed by atoms with Crippen molar-refractivity contribution in [2.24, 2.45) is 5.92 Å². The zero-order chi connectivity index (χ0) is 19.0. The van der Waals surface area contributed by atoms with Gasteiger partial charge in [-0.25, -0.2) is 4.79 Å². The fraction of sp³-hybridized carbons (Fsp3) is 0.471. The molecule has 25 heavy (non-hydrogen) atoms. The van der Waals surface area contributed by atoms with E-state index in [-0.39, 0.29) is 12.5 Å². The number of methoxy groups -OCH3 is 2. The van der Waals surface area contributed by atoms with E-state index in [2.05, 4.69) is 10.6 Å². The molecule has 0 heterocycles. The first-order chi connectivity index (χ1) is 11.8. The highest BCUT2D eigenvalue weighted by Crippen LogP contribution is 2.17. The summed E-state index contributed by atoms with van der Waals surface area (Å²) in [6.45, 7) is 3.36. The van der Waals surface area contributed by atoms with Crippen LogP contribution in [-0.2, 0) is 14.3 Å². The van der Waals surface area contributed by atoms with Crippen LogP contribution in [-0.4, -0.2) is 55.8 Å². The fourth-order valence-electron chi connectivity index (χ4n) is 2.16. The van der Waals surface area contributed by atoms with Crippen LogP contribution in [0.3, 0.4) is 0 Å². The van der Waals surface area contributed by atoms with Crippen LogP contribution < -0.4 is 15.4 Å². The van der Waals surface area contributed by atoms with Gasteiger partial charge in [-0.3, -0.25) is 9.59 Å². The maximum Gasteiger partial charge on any atom is 0.334 e. The van der Waals surface area contributed by atoms with Crippen LogP contribution >= 0.6 is 0 Å². The summed E-state index contributed by atoms with van der Waals surface area (Å²) in [5, 5.41) is 14.1. The van der Waals surface area contributed by atoms with E-state index >= 15 is 0 Å². The number of carbonyl (C=O) groups is 3. The molecule has 3 N–H and O–H groups in total. The van der Waals surface area contributed by atoms with Crippen molar-refractivity contribution in [3.63, 3.8) is 0 Å². The van der Waals surface area contributed by atoms with Crippen molar-refractivity contribution in [3.05, 3.63) is 29.8 Å². The van der Waals surface area contributed by atoms with Crippen molar-refractivity contribution >= 4 is 17.8 Å². The first-order valence-electron chi connectivity index (χ1n) is 7.79. The summed E-state index contributed by atoms with van der Waals surface area (Å²) >= 11 is 0. The third-order valence-electron chi connectivity index (χ3n) is 3.61. The lowest BCUT2D eigenvalue weighted by molar-refractivity contribution is -0.148. The number of rotatable bonds is 9. The molecule has 0 spiro atoms. The Morgan fingerprint density at radius 2 is 1.80 bits per heavy atom. The number of carboxylic acids is 1. The van der Waals surface area contributed by atoms with Crippen LogP contribution in [0.5, 0.6) is 5.75 Å². The zero-order valence-corrected chi connectivity index (χ0v) is 14.7. The summed E-state index contributed by atoms with van der Waals surface area (Å²) in [5.74, 6) is -1.92. The molecule has 0 fully saturated rings. The molecule has 1 aromatic carbocycles. The first kappa shape index (κ1) is 20.4. The Morgan fingerprint density at radius 1 is 1.16 bits per heavy atom. The number of benzene rings is 1. The highest BCUT2D eigenvalue weighted by Gasteiger charge is 2.27. The standard InChI is InChI=1S/C17H24N2O6/c1-10(2)14(16(21)18-9-13(25-4)17(22)23)19-15(20)11-7-5-6-8-12(11)24-3/h5-8,10,13-14H,9H2,1-4H3,(H,18,21)(H,19,20)(H,22,23). The number of hydrogen-bond donors (Lipinski definition) is 3. The van der Waals surface area contributed by atoms with Gasteiger partial charge in [-0.05, 0) is 18.1 Å². The molecule has 0 aromatic heterocycles. The number of aliphatic carboxylic acids is 1. The van der Waals surface area contributed by atoms with E-state index in [0.29, 0.717) is 11.3 Å². The Kier molecular flexibility index (Phi) is 7.87. The van der Waals surface area contributed by atoms with Crippen LogP contribution in [0.15, 0.2) is 24.3 Å². The van der Waals surface area contributed by atoms with Gasteiger partial charge in [0.1, 0.15) is 11.8 Å². The van der Waals surface area contributed by atoms with Crippen molar-refractivity contribution in [2.75, 3.05) is 20.8 Å². The number of ether oxygens (including phenoxy) is 2. The lowest BCUT2D eigenvalue weighted by Crippen LogP contribution is -2.51. The Labute approximate surface area is 146 Å². The number of hydrogen-bond acceptors (Lipinski definition) is 5. The van der Waals surface area contributed by atoms with Gasteiger partial charge in [-0.15, -0.1) is 0 Å². The Bertz CT molecular complexity index is 617. The smallest absolute Gasteiger partial charge is 0.334 e. The summed E-state index contributed by atoms with van der Waals surface area (Å²) in [6.07, 6.45) is -1.15. The number of carbonyl (C=O) groups excluding carboxylic acids is 2. The summed E-state index contributed by atoms with van der Waals surface area (Å²) < 4.78 is 9.91. The first-order valence-corrected chi connectivity index (χ1v) is 7.79. The van der Waals surface area contributed by atoms with Crippen molar-refractivity contribution in [3.8, 4) is 5.75 Å². The maximum absolute atomic E-state index is 12.5. The average Bonchev–Trinajstić information content (AvgIpc) is 2.59. The van der Waals surface area contributed by atoms with Gasteiger partial charge in [0.25, 0.3) is 5.91 Å². The van der Waals surface area contributed by atoms with Crippen molar-refractivity contribution in [1.82, 2.24) is 10.6 Å². The maximum atomic E-state index is 12.5. The van der Waals surface area contributed by atoms with Gasteiger partial charge in [-0.2, -0.15) is 0 Å². The van der Waals surface area contributed by atoms with Crippen LogP contribution in [0.25, 0.3) is 0 Å². The van der Waals surface area contributed by atoms with Gasteiger partial charge in [-0.1, -0.05) is 26.0 Å². The minimum absolute atomic E-state index is 0.196. The Balaban J connectivity index is 2.81. The number of amides is 2. The highest BCUT2D eigenvalue weighted by molar-refractivity contribution is 5.99. The van der Waals surface area contributed by atoms with Gasteiger partial charge in [0, 0.05) is 7.11 Å². The van der Waals surface area contributed by atoms with Crippen LogP contribution in [0.2, 0.25) is 0 Å². The molecule has 0 aliphatic heterocycles. The zero-order valence-electron chi connectivity index (χ0n) is 14.7. The van der Waals surface area contributed by atoms with Crippen molar-refractivity contribution < 1.29 is 29.0 Å². The molecular weight excluding hydrogens is 328 g/mol. The molecule has 1 aromatic rings. The SMILES string of the molecule is COc1ccccc1C(=O)NC(C(=O)NCC(OC)C(=O)O)C(C)C. The van der Waals surface area contributed by atoms with Crippen molar-refractivity contribution in [1.29, 1.82) is 0 Å². The normalized spacial score (nSPS) is 13.0. The summed E-state index contributed by atoms with van der Waals surface area (Å²) in [7, 11) is 2.70. The third kappa shape index (κ3) is 5.75. The van der Waals surface area contributed by atoms with E-state index in [1.165, 1.54) is 14.2 Å². The second kappa shape index (κ2) is 9.63. The molecular formula is C17H24N2O6. The largest absolute Gasteiger partial charge is 0.496 e. The molecule has 0 aliphatic carbocycles. The molecule has 0 saturated carbocycles. The topological polar surface area (TPSA) is 114 Å². The van der Waals surface area contributed by atoms with Crippen LogP contribution in [0.1, 0.15) is 24.2 Å². The van der Waals surface area contributed by atoms with Gasteiger partial charge >= 0.3 is 5.97 Å². The molecule has 1 rings (SSSR count). The lowest BCUT2D eigenvalue weighted by Gasteiger charge is -2.23. The second-order valence-corrected chi connectivity index (χ2v) is 5.70. The van der Waals surface area contributed by atoms with Crippen molar-refractivity contribution in [2.45, 2.75) is 26.0 Å². The van der Waals surface area contributed by atoms with Gasteiger partial charge in [0.15, 0.2) is 6.10 Å². The highest BCUT2D eigenvalue weighted by atomic mass is 16.5. The Hall–Kier alpha value is -2.61. The third-order valence-corrected chi connectivity index (χ3v) is 3.61. The average molecular weight is 352 g/mol. The molecule has 8 heteroatoms. The predicted octanol–water partition coefficient (Wildman–Crippen LogP) is 0.665. The minimum atomic E-state index is -1.18. The molecule has 2 unspecified atom stereocenters. The van der Waals surface area contributed by atoms with Crippen LogP contribution in [0, 0.1) is 5.92 Å². The van der Waals surface area contributed by atoms with E-state index in [9.17, 15) is 14.4 Å². The molecule has 0 aliphatic rings. The molecule has 0 radical (unpaired) electrons.